The van der Waals surface area contributed by atoms with Crippen LogP contribution in [0.25, 0.3) is 11.3 Å². The second-order valence-corrected chi connectivity index (χ2v) is 9.75. The van der Waals surface area contributed by atoms with Gasteiger partial charge in [-0.2, -0.15) is 0 Å². The molecule has 1 N–H and O–H groups in total. The molecule has 1 amide bonds. The normalized spacial score (nSPS) is 12.3. The number of nitrogens with zero attached hydrogens (tertiary/aromatic N) is 2. The van der Waals surface area contributed by atoms with Crippen LogP contribution in [0, 0.1) is 6.92 Å². The van der Waals surface area contributed by atoms with Gasteiger partial charge in [0.2, 0.25) is 10.0 Å². The van der Waals surface area contributed by atoms with Crippen molar-refractivity contribution in [1.82, 2.24) is 4.98 Å². The van der Waals surface area contributed by atoms with Crippen molar-refractivity contribution >= 4 is 38.1 Å². The molecule has 0 bridgehead atoms. The predicted molar refractivity (Wildman–Crippen MR) is 121 cm³/mol. The average molecular weight is 446 g/mol. The average Bonchev–Trinajstić information content (AvgIpc) is 3.15. The van der Waals surface area contributed by atoms with E-state index >= 15 is 0 Å². The zero-order valence-corrected chi connectivity index (χ0v) is 18.8. The van der Waals surface area contributed by atoms with Gasteiger partial charge in [0.15, 0.2) is 11.2 Å². The van der Waals surface area contributed by atoms with Crippen LogP contribution in [0.1, 0.15) is 12.5 Å². The molecule has 0 saturated heterocycles. The zero-order valence-electron chi connectivity index (χ0n) is 17.1. The van der Waals surface area contributed by atoms with E-state index in [0.29, 0.717) is 22.3 Å². The van der Waals surface area contributed by atoms with E-state index in [4.69, 9.17) is 4.74 Å². The van der Waals surface area contributed by atoms with Gasteiger partial charge < -0.3 is 4.74 Å². The summed E-state index contributed by atoms with van der Waals surface area (Å²) in [6, 6.07) is 14.5. The summed E-state index contributed by atoms with van der Waals surface area (Å²) >= 11 is 1.31. The standard InChI is InChI=1S/C21H23N3O4S2/c1-14-6-5-7-18(12-14)28-15(2)20(25)23-21-22-19(13-29-21)16-8-10-17(11-9-16)24(3)30(4,26)27/h5-13,15H,1-4H3,(H,22,23,25). The Morgan fingerprint density at radius 2 is 1.90 bits per heavy atom. The van der Waals surface area contributed by atoms with Gasteiger partial charge in [-0.15, -0.1) is 11.3 Å². The Bertz CT molecular complexity index is 1140. The Balaban J connectivity index is 1.65. The number of aryl methyl sites for hydroxylation is 1. The van der Waals surface area contributed by atoms with Gasteiger partial charge in [-0.1, -0.05) is 24.3 Å². The first-order valence-electron chi connectivity index (χ1n) is 9.17. The first-order valence-corrected chi connectivity index (χ1v) is 11.9. The summed E-state index contributed by atoms with van der Waals surface area (Å²) in [5.41, 5.74) is 3.13. The number of thiazole rings is 1. The third-order valence-electron chi connectivity index (χ3n) is 4.43. The van der Waals surface area contributed by atoms with Gasteiger partial charge in [-0.3, -0.25) is 14.4 Å². The van der Waals surface area contributed by atoms with Crippen LogP contribution < -0.4 is 14.4 Å². The molecule has 2 aromatic carbocycles. The molecule has 0 aliphatic rings. The van der Waals surface area contributed by atoms with E-state index in [1.807, 2.05) is 36.6 Å². The Hall–Kier alpha value is -2.91. The number of amides is 1. The van der Waals surface area contributed by atoms with Crippen LogP contribution in [0.15, 0.2) is 53.9 Å². The minimum Gasteiger partial charge on any atom is -0.481 e. The number of hydrogen-bond acceptors (Lipinski definition) is 6. The highest BCUT2D eigenvalue weighted by Gasteiger charge is 2.17. The summed E-state index contributed by atoms with van der Waals surface area (Å²) in [5, 5.41) is 5.07. The Labute approximate surface area is 180 Å². The van der Waals surface area contributed by atoms with E-state index in [1.54, 1.807) is 31.2 Å². The van der Waals surface area contributed by atoms with Crippen molar-refractivity contribution in [2.75, 3.05) is 22.9 Å². The van der Waals surface area contributed by atoms with Gasteiger partial charge in [0, 0.05) is 18.0 Å². The summed E-state index contributed by atoms with van der Waals surface area (Å²) in [6.07, 6.45) is 0.477. The van der Waals surface area contributed by atoms with Crippen LogP contribution in [0.5, 0.6) is 5.75 Å². The molecule has 3 aromatic rings. The maximum absolute atomic E-state index is 12.4. The molecule has 1 unspecified atom stereocenters. The number of nitrogens with one attached hydrogen (secondary N) is 1. The number of carbonyl (C=O) groups excluding carboxylic acids is 1. The molecule has 9 heteroatoms. The van der Waals surface area contributed by atoms with Crippen LogP contribution in [0.3, 0.4) is 0 Å². The van der Waals surface area contributed by atoms with Crippen LogP contribution in [0.4, 0.5) is 10.8 Å². The SMILES string of the molecule is Cc1cccc(OC(C)C(=O)Nc2nc(-c3ccc(N(C)S(C)(=O)=O)cc3)cs2)c1. The Kier molecular flexibility index (Phi) is 6.42. The quantitative estimate of drug-likeness (QED) is 0.595. The number of rotatable bonds is 7. The molecule has 0 fully saturated rings. The molecule has 0 radical (unpaired) electrons. The Morgan fingerprint density at radius 1 is 1.20 bits per heavy atom. The monoisotopic (exact) mass is 445 g/mol. The molecule has 1 aromatic heterocycles. The van der Waals surface area contributed by atoms with Gasteiger partial charge in [-0.05, 0) is 43.7 Å². The van der Waals surface area contributed by atoms with E-state index < -0.39 is 16.1 Å². The zero-order chi connectivity index (χ0) is 21.9. The number of aromatic nitrogens is 1. The minimum absolute atomic E-state index is 0.289. The first-order chi connectivity index (χ1) is 14.1. The van der Waals surface area contributed by atoms with Crippen molar-refractivity contribution < 1.29 is 17.9 Å². The van der Waals surface area contributed by atoms with E-state index in [9.17, 15) is 13.2 Å². The highest BCUT2D eigenvalue weighted by molar-refractivity contribution is 7.92. The van der Waals surface area contributed by atoms with Crippen molar-refractivity contribution in [3.8, 4) is 17.0 Å². The molecule has 3 rings (SSSR count). The van der Waals surface area contributed by atoms with Crippen molar-refractivity contribution in [2.24, 2.45) is 0 Å². The van der Waals surface area contributed by atoms with Gasteiger partial charge in [0.05, 0.1) is 17.6 Å². The van der Waals surface area contributed by atoms with Crippen molar-refractivity contribution in [3.05, 3.63) is 59.5 Å². The van der Waals surface area contributed by atoms with E-state index in [2.05, 4.69) is 10.3 Å². The minimum atomic E-state index is -3.32. The fourth-order valence-electron chi connectivity index (χ4n) is 2.65. The van der Waals surface area contributed by atoms with Crippen molar-refractivity contribution in [1.29, 1.82) is 0 Å². The molecule has 0 saturated carbocycles. The fourth-order valence-corrected chi connectivity index (χ4v) is 3.88. The van der Waals surface area contributed by atoms with Crippen LogP contribution in [-0.2, 0) is 14.8 Å². The number of benzene rings is 2. The van der Waals surface area contributed by atoms with Gasteiger partial charge in [0.25, 0.3) is 5.91 Å². The number of anilines is 2. The summed E-state index contributed by atoms with van der Waals surface area (Å²) in [4.78, 5) is 16.9. The molecule has 158 valence electrons. The fraction of sp³-hybridized carbons (Fsp3) is 0.238. The molecule has 7 nitrogen and oxygen atoms in total. The van der Waals surface area contributed by atoms with Gasteiger partial charge >= 0.3 is 0 Å². The van der Waals surface area contributed by atoms with Gasteiger partial charge in [0.1, 0.15) is 5.75 Å². The smallest absolute Gasteiger partial charge is 0.266 e. The van der Waals surface area contributed by atoms with Gasteiger partial charge in [-0.25, -0.2) is 13.4 Å². The lowest BCUT2D eigenvalue weighted by Crippen LogP contribution is -2.30. The number of sulfonamides is 1. The molecular weight excluding hydrogens is 422 g/mol. The molecule has 30 heavy (non-hydrogen) atoms. The van der Waals surface area contributed by atoms with Crippen molar-refractivity contribution in [2.45, 2.75) is 20.0 Å². The van der Waals surface area contributed by atoms with Crippen molar-refractivity contribution in [3.63, 3.8) is 0 Å². The summed E-state index contributed by atoms with van der Waals surface area (Å²) in [7, 11) is -1.81. The Morgan fingerprint density at radius 3 is 2.53 bits per heavy atom. The molecule has 1 atom stereocenters. The molecular formula is C21H23N3O4S2. The second-order valence-electron chi connectivity index (χ2n) is 6.88. The molecule has 1 heterocycles. The summed E-state index contributed by atoms with van der Waals surface area (Å²) in [5.74, 6) is 0.346. The lowest BCUT2D eigenvalue weighted by Gasteiger charge is -2.16. The summed E-state index contributed by atoms with van der Waals surface area (Å²) < 4.78 is 30.2. The third-order valence-corrected chi connectivity index (χ3v) is 6.39. The van der Waals surface area contributed by atoms with Crippen LogP contribution >= 0.6 is 11.3 Å². The lowest BCUT2D eigenvalue weighted by molar-refractivity contribution is -0.122. The van der Waals surface area contributed by atoms with Crippen LogP contribution in [-0.4, -0.2) is 38.7 Å². The number of hydrogen-bond donors (Lipinski definition) is 1. The highest BCUT2D eigenvalue weighted by atomic mass is 32.2. The van der Waals surface area contributed by atoms with E-state index in [1.165, 1.54) is 22.7 Å². The molecule has 0 spiro atoms. The topological polar surface area (TPSA) is 88.6 Å². The predicted octanol–water partition coefficient (Wildman–Crippen LogP) is 3.92. The molecule has 0 aliphatic carbocycles. The van der Waals surface area contributed by atoms with E-state index in [-0.39, 0.29) is 5.91 Å². The third kappa shape index (κ3) is 5.37. The lowest BCUT2D eigenvalue weighted by atomic mass is 10.1. The summed E-state index contributed by atoms with van der Waals surface area (Å²) in [6.45, 7) is 3.64. The first kappa shape index (κ1) is 21.8. The second kappa shape index (κ2) is 8.85. The number of carbonyl (C=O) groups is 1. The molecule has 0 aliphatic heterocycles. The van der Waals surface area contributed by atoms with Crippen LogP contribution in [0.2, 0.25) is 0 Å². The maximum Gasteiger partial charge on any atom is 0.266 e. The van der Waals surface area contributed by atoms with E-state index in [0.717, 1.165) is 17.4 Å². The highest BCUT2D eigenvalue weighted by Crippen LogP contribution is 2.27. The largest absolute Gasteiger partial charge is 0.481 e. The number of ether oxygens (including phenoxy) is 1. The maximum atomic E-state index is 12.4.